The predicted octanol–water partition coefficient (Wildman–Crippen LogP) is 3.25. The minimum atomic E-state index is 0.879. The van der Waals surface area contributed by atoms with Crippen LogP contribution in [0.1, 0.15) is 35.4 Å². The van der Waals surface area contributed by atoms with Gasteiger partial charge in [0.25, 0.3) is 0 Å². The molecule has 63 valence electrons. The maximum Gasteiger partial charge on any atom is -0.0159 e. The fourth-order valence-electron chi connectivity index (χ4n) is 1.75. The van der Waals surface area contributed by atoms with Gasteiger partial charge in [-0.25, -0.2) is 0 Å². The van der Waals surface area contributed by atoms with Gasteiger partial charge in [-0.2, -0.15) is 0 Å². The van der Waals surface area contributed by atoms with Crippen LogP contribution in [0.3, 0.4) is 0 Å². The molecule has 0 aromatic heterocycles. The van der Waals surface area contributed by atoms with E-state index in [2.05, 4.69) is 32.0 Å². The van der Waals surface area contributed by atoms with E-state index in [0.717, 1.165) is 12.3 Å². The second kappa shape index (κ2) is 2.93. The van der Waals surface area contributed by atoms with E-state index in [0.29, 0.717) is 0 Å². The summed E-state index contributed by atoms with van der Waals surface area (Å²) < 4.78 is 0. The Morgan fingerprint density at radius 3 is 2.67 bits per heavy atom. The summed E-state index contributed by atoms with van der Waals surface area (Å²) >= 11 is 0. The van der Waals surface area contributed by atoms with E-state index in [1.807, 2.05) is 0 Å². The molecule has 0 N–H and O–H groups in total. The first kappa shape index (κ1) is 7.85. The highest BCUT2D eigenvalue weighted by Gasteiger charge is 2.24. The summed E-state index contributed by atoms with van der Waals surface area (Å²) in [6, 6.07) is 6.78. The molecule has 0 spiro atoms. The molecule has 0 heterocycles. The van der Waals surface area contributed by atoms with Gasteiger partial charge in [-0.05, 0) is 55.7 Å². The van der Waals surface area contributed by atoms with E-state index in [1.54, 1.807) is 5.56 Å². The number of hydrogen-bond acceptors (Lipinski definition) is 0. The standard InChI is InChI=1S/C12H15/c1-3-10-4-7-12(9(2)8-10)11-5-6-11/h4,7-8,11H,1,3,5-6H2,2H3. The van der Waals surface area contributed by atoms with E-state index in [9.17, 15) is 0 Å². The zero-order chi connectivity index (χ0) is 8.55. The molecule has 1 aliphatic carbocycles. The molecule has 0 heteroatoms. The highest BCUT2D eigenvalue weighted by atomic mass is 14.3. The molecule has 1 radical (unpaired) electrons. The summed E-state index contributed by atoms with van der Waals surface area (Å²) in [6.07, 6.45) is 3.70. The first-order valence-electron chi connectivity index (χ1n) is 4.70. The molecule has 0 amide bonds. The molecule has 12 heavy (non-hydrogen) atoms. The van der Waals surface area contributed by atoms with Gasteiger partial charge in [0, 0.05) is 0 Å². The molecule has 1 aromatic carbocycles. The van der Waals surface area contributed by atoms with E-state index >= 15 is 0 Å². The van der Waals surface area contributed by atoms with Crippen LogP contribution in [0.2, 0.25) is 0 Å². The smallest absolute Gasteiger partial charge is 0.0159 e. The molecule has 0 bridgehead atoms. The summed E-state index contributed by atoms with van der Waals surface area (Å²) in [5, 5.41) is 0. The Morgan fingerprint density at radius 2 is 2.17 bits per heavy atom. The maximum atomic E-state index is 3.89. The molecular weight excluding hydrogens is 144 g/mol. The summed E-state index contributed by atoms with van der Waals surface area (Å²) in [4.78, 5) is 0. The molecule has 1 saturated carbocycles. The van der Waals surface area contributed by atoms with Crippen molar-refractivity contribution in [3.05, 3.63) is 41.8 Å². The SMILES string of the molecule is [CH2]Cc1ccc(C2CC2)c(C)c1. The molecule has 0 saturated heterocycles. The van der Waals surface area contributed by atoms with Crippen molar-refractivity contribution in [3.8, 4) is 0 Å². The zero-order valence-electron chi connectivity index (χ0n) is 7.64. The predicted molar refractivity (Wildman–Crippen MR) is 52.2 cm³/mol. The number of hydrogen-bond donors (Lipinski definition) is 0. The molecule has 1 aliphatic rings. The fraction of sp³-hybridized carbons (Fsp3) is 0.417. The van der Waals surface area contributed by atoms with Gasteiger partial charge < -0.3 is 0 Å². The fourth-order valence-corrected chi connectivity index (χ4v) is 1.75. The molecule has 0 unspecified atom stereocenters. The lowest BCUT2D eigenvalue weighted by molar-refractivity contribution is 1.08. The normalized spacial score (nSPS) is 16.5. The van der Waals surface area contributed by atoms with E-state index in [1.165, 1.54) is 24.0 Å². The first-order chi connectivity index (χ1) is 5.81. The molecular formula is C12H15. The maximum absolute atomic E-state index is 3.89. The minimum absolute atomic E-state index is 0.879. The van der Waals surface area contributed by atoms with E-state index in [-0.39, 0.29) is 0 Å². The molecule has 2 rings (SSSR count). The Bertz CT molecular complexity index is 282. The van der Waals surface area contributed by atoms with Gasteiger partial charge in [0.05, 0.1) is 0 Å². The van der Waals surface area contributed by atoms with Crippen molar-refractivity contribution in [1.29, 1.82) is 0 Å². The zero-order valence-corrected chi connectivity index (χ0v) is 7.64. The molecule has 0 aliphatic heterocycles. The second-order valence-corrected chi connectivity index (χ2v) is 3.72. The van der Waals surface area contributed by atoms with Crippen LogP contribution in [0.15, 0.2) is 18.2 Å². The quantitative estimate of drug-likeness (QED) is 0.621. The van der Waals surface area contributed by atoms with Crippen LogP contribution >= 0.6 is 0 Å². The van der Waals surface area contributed by atoms with Crippen LogP contribution in [-0.4, -0.2) is 0 Å². The second-order valence-electron chi connectivity index (χ2n) is 3.72. The number of benzene rings is 1. The van der Waals surface area contributed by atoms with Crippen LogP contribution in [0.4, 0.5) is 0 Å². The highest BCUT2D eigenvalue weighted by molar-refractivity contribution is 5.35. The Labute approximate surface area is 74.6 Å². The van der Waals surface area contributed by atoms with Crippen molar-refractivity contribution in [2.24, 2.45) is 0 Å². The van der Waals surface area contributed by atoms with Crippen molar-refractivity contribution < 1.29 is 0 Å². The highest BCUT2D eigenvalue weighted by Crippen LogP contribution is 2.41. The van der Waals surface area contributed by atoms with Gasteiger partial charge >= 0.3 is 0 Å². The van der Waals surface area contributed by atoms with E-state index < -0.39 is 0 Å². The van der Waals surface area contributed by atoms with Gasteiger partial charge in [0.15, 0.2) is 0 Å². The van der Waals surface area contributed by atoms with Crippen molar-refractivity contribution in [2.45, 2.75) is 32.1 Å². The topological polar surface area (TPSA) is 0 Å². The van der Waals surface area contributed by atoms with Crippen LogP contribution in [-0.2, 0) is 6.42 Å². The lowest BCUT2D eigenvalue weighted by Gasteiger charge is -2.05. The van der Waals surface area contributed by atoms with Crippen molar-refractivity contribution in [2.75, 3.05) is 0 Å². The number of aryl methyl sites for hydroxylation is 1. The van der Waals surface area contributed by atoms with Crippen molar-refractivity contribution in [3.63, 3.8) is 0 Å². The molecule has 1 fully saturated rings. The van der Waals surface area contributed by atoms with Crippen LogP contribution in [0.5, 0.6) is 0 Å². The summed E-state index contributed by atoms with van der Waals surface area (Å²) in [5.41, 5.74) is 4.38. The Morgan fingerprint density at radius 1 is 1.42 bits per heavy atom. The van der Waals surface area contributed by atoms with Crippen LogP contribution < -0.4 is 0 Å². The van der Waals surface area contributed by atoms with Gasteiger partial charge in [0.2, 0.25) is 0 Å². The van der Waals surface area contributed by atoms with Crippen molar-refractivity contribution >= 4 is 0 Å². The third-order valence-corrected chi connectivity index (χ3v) is 2.64. The minimum Gasteiger partial charge on any atom is -0.0587 e. The summed E-state index contributed by atoms with van der Waals surface area (Å²) in [5.74, 6) is 0.879. The third kappa shape index (κ3) is 1.38. The third-order valence-electron chi connectivity index (χ3n) is 2.64. The molecule has 1 aromatic rings. The average Bonchev–Trinajstić information content (AvgIpc) is 2.87. The Balaban J connectivity index is 2.32. The monoisotopic (exact) mass is 159 g/mol. The van der Waals surface area contributed by atoms with Gasteiger partial charge in [-0.1, -0.05) is 18.2 Å². The first-order valence-corrected chi connectivity index (χ1v) is 4.70. The Hall–Kier alpha value is -0.780. The lowest BCUT2D eigenvalue weighted by Crippen LogP contribution is -1.88. The average molecular weight is 159 g/mol. The van der Waals surface area contributed by atoms with Crippen molar-refractivity contribution in [1.82, 2.24) is 0 Å². The molecule has 0 nitrogen and oxygen atoms in total. The van der Waals surface area contributed by atoms with E-state index in [4.69, 9.17) is 0 Å². The van der Waals surface area contributed by atoms with Crippen LogP contribution in [0, 0.1) is 13.8 Å². The van der Waals surface area contributed by atoms with Crippen LogP contribution in [0.25, 0.3) is 0 Å². The van der Waals surface area contributed by atoms with Gasteiger partial charge in [-0.3, -0.25) is 0 Å². The number of rotatable bonds is 2. The van der Waals surface area contributed by atoms with Gasteiger partial charge in [-0.15, -0.1) is 0 Å². The lowest BCUT2D eigenvalue weighted by atomic mass is 10.0. The Kier molecular flexibility index (Phi) is 1.92. The largest absolute Gasteiger partial charge is 0.0587 e. The molecule has 0 atom stereocenters. The summed E-state index contributed by atoms with van der Waals surface area (Å²) in [6.45, 7) is 6.10. The van der Waals surface area contributed by atoms with Gasteiger partial charge in [0.1, 0.15) is 0 Å². The summed E-state index contributed by atoms with van der Waals surface area (Å²) in [7, 11) is 0.